The fraction of sp³-hybridized carbons (Fsp3) is 0.478. The fourth-order valence-corrected chi connectivity index (χ4v) is 4.23. The lowest BCUT2D eigenvalue weighted by Gasteiger charge is -2.32. The van der Waals surface area contributed by atoms with Crippen LogP contribution in [-0.2, 0) is 19.5 Å². The summed E-state index contributed by atoms with van der Waals surface area (Å²) < 4.78 is 12.3. The normalized spacial score (nSPS) is 16.7. The molecular formula is C23H30N2O4. The summed E-state index contributed by atoms with van der Waals surface area (Å²) in [4.78, 5) is 4.21. The first-order chi connectivity index (χ1) is 14.1. The van der Waals surface area contributed by atoms with E-state index in [4.69, 9.17) is 9.47 Å². The number of ether oxygens (including phenoxy) is 2. The van der Waals surface area contributed by atoms with Gasteiger partial charge in [-0.15, -0.1) is 0 Å². The van der Waals surface area contributed by atoms with E-state index in [9.17, 15) is 10.2 Å². The number of benzene rings is 2. The highest BCUT2D eigenvalue weighted by Gasteiger charge is 2.25. The Labute approximate surface area is 172 Å². The lowest BCUT2D eigenvalue weighted by molar-refractivity contribution is 0.0752. The first kappa shape index (κ1) is 20.2. The molecule has 2 aliphatic rings. The van der Waals surface area contributed by atoms with E-state index in [1.165, 1.54) is 33.4 Å². The van der Waals surface area contributed by atoms with Gasteiger partial charge in [0.25, 0.3) is 0 Å². The van der Waals surface area contributed by atoms with Crippen molar-refractivity contribution >= 4 is 0 Å². The minimum absolute atomic E-state index is 0.136. The Balaban J connectivity index is 1.66. The van der Waals surface area contributed by atoms with Gasteiger partial charge in [0, 0.05) is 54.9 Å². The van der Waals surface area contributed by atoms with E-state index in [1.807, 2.05) is 0 Å². The zero-order chi connectivity index (χ0) is 20.4. The minimum atomic E-state index is 0.136. The van der Waals surface area contributed by atoms with E-state index in [0.29, 0.717) is 26.6 Å². The van der Waals surface area contributed by atoms with Crippen molar-refractivity contribution in [2.45, 2.75) is 33.4 Å². The Morgan fingerprint density at radius 1 is 0.759 bits per heavy atom. The molecule has 0 bridgehead atoms. The first-order valence-corrected chi connectivity index (χ1v) is 10.3. The number of aliphatic hydroxyl groups is 2. The van der Waals surface area contributed by atoms with Crippen LogP contribution in [-0.4, -0.2) is 59.8 Å². The highest BCUT2D eigenvalue weighted by molar-refractivity contribution is 5.54. The molecule has 0 saturated carbocycles. The SMILES string of the molecule is Cc1ccc2c(c1Cc1c(C)ccc3c1OCN(CCO)C3)OCN(CCO)C2. The molecule has 2 heterocycles. The predicted molar refractivity (Wildman–Crippen MR) is 111 cm³/mol. The van der Waals surface area contributed by atoms with Gasteiger partial charge in [-0.1, -0.05) is 24.3 Å². The molecule has 0 amide bonds. The quantitative estimate of drug-likeness (QED) is 0.778. The molecule has 0 atom stereocenters. The van der Waals surface area contributed by atoms with Crippen LogP contribution in [0.5, 0.6) is 11.5 Å². The van der Waals surface area contributed by atoms with Crippen LogP contribution in [0.2, 0.25) is 0 Å². The van der Waals surface area contributed by atoms with E-state index in [2.05, 4.69) is 47.9 Å². The average molecular weight is 399 g/mol. The van der Waals surface area contributed by atoms with Crippen LogP contribution in [0, 0.1) is 13.8 Å². The molecule has 0 fully saturated rings. The molecule has 4 rings (SSSR count). The summed E-state index contributed by atoms with van der Waals surface area (Å²) >= 11 is 0. The summed E-state index contributed by atoms with van der Waals surface area (Å²) in [5.74, 6) is 1.96. The van der Waals surface area contributed by atoms with Gasteiger partial charge >= 0.3 is 0 Å². The van der Waals surface area contributed by atoms with Gasteiger partial charge in [0.1, 0.15) is 25.0 Å². The number of hydrogen-bond donors (Lipinski definition) is 2. The van der Waals surface area contributed by atoms with Crippen molar-refractivity contribution in [2.75, 3.05) is 39.8 Å². The molecular weight excluding hydrogens is 368 g/mol. The van der Waals surface area contributed by atoms with Crippen molar-refractivity contribution in [3.05, 3.63) is 57.6 Å². The standard InChI is InChI=1S/C23H30N2O4/c1-16-3-5-18-12-24(7-9-26)14-28-22(18)20(16)11-21-17(2)4-6-19-13-25(8-10-27)15-29-23(19)21/h3-6,26-27H,7-15H2,1-2H3. The first-order valence-electron chi connectivity index (χ1n) is 10.3. The molecule has 2 aliphatic heterocycles. The van der Waals surface area contributed by atoms with E-state index in [1.54, 1.807) is 0 Å². The molecule has 2 aromatic carbocycles. The summed E-state index contributed by atoms with van der Waals surface area (Å²) in [6.45, 7) is 8.36. The van der Waals surface area contributed by atoms with Gasteiger partial charge in [-0.05, 0) is 25.0 Å². The van der Waals surface area contributed by atoms with Crippen molar-refractivity contribution in [2.24, 2.45) is 0 Å². The maximum absolute atomic E-state index is 9.23. The molecule has 0 aromatic heterocycles. The van der Waals surface area contributed by atoms with Gasteiger partial charge in [0.15, 0.2) is 0 Å². The van der Waals surface area contributed by atoms with E-state index >= 15 is 0 Å². The summed E-state index contributed by atoms with van der Waals surface area (Å²) in [7, 11) is 0. The Hall–Kier alpha value is -2.12. The molecule has 0 saturated heterocycles. The molecule has 0 aliphatic carbocycles. The van der Waals surface area contributed by atoms with Crippen molar-refractivity contribution in [1.82, 2.24) is 9.80 Å². The number of nitrogens with zero attached hydrogens (tertiary/aromatic N) is 2. The number of hydrogen-bond acceptors (Lipinski definition) is 6. The topological polar surface area (TPSA) is 65.4 Å². The van der Waals surface area contributed by atoms with Crippen LogP contribution in [0.4, 0.5) is 0 Å². The van der Waals surface area contributed by atoms with Crippen LogP contribution >= 0.6 is 0 Å². The number of aryl methyl sites for hydroxylation is 2. The van der Waals surface area contributed by atoms with Crippen LogP contribution in [0.15, 0.2) is 24.3 Å². The Bertz CT molecular complexity index is 812. The smallest absolute Gasteiger partial charge is 0.142 e. The molecule has 6 nitrogen and oxygen atoms in total. The highest BCUT2D eigenvalue weighted by Crippen LogP contribution is 2.38. The van der Waals surface area contributed by atoms with Crippen LogP contribution in [0.1, 0.15) is 33.4 Å². The lowest BCUT2D eigenvalue weighted by Crippen LogP contribution is -2.35. The van der Waals surface area contributed by atoms with E-state index in [-0.39, 0.29) is 13.2 Å². The second-order valence-electron chi connectivity index (χ2n) is 7.97. The van der Waals surface area contributed by atoms with Crippen molar-refractivity contribution < 1.29 is 19.7 Å². The summed E-state index contributed by atoms with van der Waals surface area (Å²) in [6, 6.07) is 8.59. The average Bonchev–Trinajstić information content (AvgIpc) is 2.72. The number of rotatable bonds is 6. The highest BCUT2D eigenvalue weighted by atomic mass is 16.5. The molecule has 0 spiro atoms. The molecule has 2 N–H and O–H groups in total. The van der Waals surface area contributed by atoms with Gasteiger partial charge in [-0.2, -0.15) is 0 Å². The fourth-order valence-electron chi connectivity index (χ4n) is 4.23. The maximum Gasteiger partial charge on any atom is 0.142 e. The van der Waals surface area contributed by atoms with E-state index < -0.39 is 0 Å². The van der Waals surface area contributed by atoms with Crippen LogP contribution in [0.3, 0.4) is 0 Å². The number of β-amino-alcohol motifs (C(OH)–C–C–N with tert-alkyl or cyclic N) is 2. The summed E-state index contributed by atoms with van der Waals surface area (Å²) in [6.07, 6.45) is 0.768. The number of fused-ring (bicyclic) bond motifs is 2. The summed E-state index contributed by atoms with van der Waals surface area (Å²) in [5.41, 5.74) is 7.20. The van der Waals surface area contributed by atoms with E-state index in [0.717, 1.165) is 31.0 Å². The number of aliphatic hydroxyl groups excluding tert-OH is 2. The third kappa shape index (κ3) is 4.12. The molecule has 29 heavy (non-hydrogen) atoms. The van der Waals surface area contributed by atoms with Gasteiger partial charge in [0.2, 0.25) is 0 Å². The zero-order valence-corrected chi connectivity index (χ0v) is 17.3. The molecule has 2 aromatic rings. The summed E-state index contributed by atoms with van der Waals surface area (Å²) in [5, 5.41) is 18.5. The van der Waals surface area contributed by atoms with Crippen LogP contribution in [0.25, 0.3) is 0 Å². The lowest BCUT2D eigenvalue weighted by atomic mass is 9.91. The van der Waals surface area contributed by atoms with Gasteiger partial charge < -0.3 is 19.7 Å². The van der Waals surface area contributed by atoms with Gasteiger partial charge in [-0.3, -0.25) is 9.80 Å². The monoisotopic (exact) mass is 398 g/mol. The molecule has 6 heteroatoms. The van der Waals surface area contributed by atoms with Crippen LogP contribution < -0.4 is 9.47 Å². The molecule has 156 valence electrons. The largest absolute Gasteiger partial charge is 0.477 e. The Kier molecular flexibility index (Phi) is 6.06. The maximum atomic E-state index is 9.23. The van der Waals surface area contributed by atoms with Gasteiger partial charge in [0.05, 0.1) is 13.2 Å². The van der Waals surface area contributed by atoms with Crippen molar-refractivity contribution in [1.29, 1.82) is 0 Å². The minimum Gasteiger partial charge on any atom is -0.477 e. The predicted octanol–water partition coefficient (Wildman–Crippen LogP) is 2.18. The third-order valence-corrected chi connectivity index (χ3v) is 5.91. The zero-order valence-electron chi connectivity index (χ0n) is 17.3. The second-order valence-corrected chi connectivity index (χ2v) is 7.97. The van der Waals surface area contributed by atoms with Crippen molar-refractivity contribution in [3.63, 3.8) is 0 Å². The van der Waals surface area contributed by atoms with Gasteiger partial charge in [-0.25, -0.2) is 0 Å². The van der Waals surface area contributed by atoms with Crippen molar-refractivity contribution in [3.8, 4) is 11.5 Å². The second kappa shape index (κ2) is 8.71. The Morgan fingerprint density at radius 2 is 1.21 bits per heavy atom. The Morgan fingerprint density at radius 3 is 1.62 bits per heavy atom. The molecule has 0 radical (unpaired) electrons. The molecule has 0 unspecified atom stereocenters. The third-order valence-electron chi connectivity index (χ3n) is 5.91.